The standard InChI is InChI=1S/C11H9N3O3/c15-12-8-11-2-1-7-13(11)9-3-5-10(6-4-9)14(16)17/h1-8,15H/b12-8+. The minimum atomic E-state index is -0.449. The van der Waals surface area contributed by atoms with Crippen LogP contribution in [0.15, 0.2) is 47.8 Å². The summed E-state index contributed by atoms with van der Waals surface area (Å²) in [6.45, 7) is 0. The second kappa shape index (κ2) is 4.48. The summed E-state index contributed by atoms with van der Waals surface area (Å²) < 4.78 is 1.75. The lowest BCUT2D eigenvalue weighted by molar-refractivity contribution is -0.384. The summed E-state index contributed by atoms with van der Waals surface area (Å²) in [6.07, 6.45) is 3.07. The third-order valence-electron chi connectivity index (χ3n) is 2.31. The van der Waals surface area contributed by atoms with Gasteiger partial charge in [-0.15, -0.1) is 0 Å². The largest absolute Gasteiger partial charge is 0.411 e. The van der Waals surface area contributed by atoms with E-state index in [1.165, 1.54) is 18.3 Å². The maximum absolute atomic E-state index is 10.5. The Morgan fingerprint density at radius 2 is 2.00 bits per heavy atom. The van der Waals surface area contributed by atoms with Gasteiger partial charge in [0.15, 0.2) is 0 Å². The molecule has 0 aliphatic heterocycles. The Bertz CT molecular complexity index is 558. The number of non-ortho nitro benzene ring substituents is 1. The fourth-order valence-electron chi connectivity index (χ4n) is 1.53. The van der Waals surface area contributed by atoms with Gasteiger partial charge in [-0.2, -0.15) is 0 Å². The van der Waals surface area contributed by atoms with Crippen molar-refractivity contribution >= 4 is 11.9 Å². The van der Waals surface area contributed by atoms with E-state index in [0.717, 1.165) is 5.69 Å². The molecule has 2 rings (SSSR count). The maximum Gasteiger partial charge on any atom is 0.269 e. The fraction of sp³-hybridized carbons (Fsp3) is 0. The van der Waals surface area contributed by atoms with Crippen LogP contribution in [0.5, 0.6) is 0 Å². The van der Waals surface area contributed by atoms with Crippen molar-refractivity contribution in [3.05, 3.63) is 58.4 Å². The molecule has 1 heterocycles. The molecule has 6 heteroatoms. The highest BCUT2D eigenvalue weighted by Gasteiger charge is 2.06. The first-order valence-corrected chi connectivity index (χ1v) is 4.82. The number of aromatic nitrogens is 1. The van der Waals surface area contributed by atoms with Gasteiger partial charge in [0.05, 0.1) is 16.8 Å². The molecule has 1 aromatic heterocycles. The SMILES string of the molecule is O=[N+]([O-])c1ccc(-n2cccc2/C=N/O)cc1. The minimum absolute atomic E-state index is 0.0401. The summed E-state index contributed by atoms with van der Waals surface area (Å²) in [6, 6.07) is 9.67. The van der Waals surface area contributed by atoms with E-state index in [9.17, 15) is 10.1 Å². The summed E-state index contributed by atoms with van der Waals surface area (Å²) in [4.78, 5) is 10.1. The molecule has 0 saturated carbocycles. The molecule has 0 radical (unpaired) electrons. The van der Waals surface area contributed by atoms with Gasteiger partial charge in [0.2, 0.25) is 0 Å². The molecule has 0 unspecified atom stereocenters. The van der Waals surface area contributed by atoms with E-state index in [1.807, 2.05) is 0 Å². The molecule has 0 bridgehead atoms. The Labute approximate surface area is 96.6 Å². The highest BCUT2D eigenvalue weighted by atomic mass is 16.6. The number of oxime groups is 1. The van der Waals surface area contributed by atoms with E-state index >= 15 is 0 Å². The highest BCUT2D eigenvalue weighted by molar-refractivity contribution is 5.78. The number of nitrogens with zero attached hydrogens (tertiary/aromatic N) is 3. The number of hydrogen-bond donors (Lipinski definition) is 1. The lowest BCUT2D eigenvalue weighted by Gasteiger charge is -2.05. The van der Waals surface area contributed by atoms with E-state index in [1.54, 1.807) is 35.0 Å². The first-order chi connectivity index (χ1) is 8.22. The van der Waals surface area contributed by atoms with Crippen LogP contribution >= 0.6 is 0 Å². The molecule has 0 saturated heterocycles. The lowest BCUT2D eigenvalue weighted by Crippen LogP contribution is -1.98. The van der Waals surface area contributed by atoms with Gasteiger partial charge in [-0.1, -0.05) is 5.16 Å². The third-order valence-corrected chi connectivity index (χ3v) is 2.31. The van der Waals surface area contributed by atoms with E-state index in [-0.39, 0.29) is 5.69 Å². The van der Waals surface area contributed by atoms with Crippen LogP contribution in [0.3, 0.4) is 0 Å². The van der Waals surface area contributed by atoms with Gasteiger partial charge in [-0.3, -0.25) is 10.1 Å². The number of hydrogen-bond acceptors (Lipinski definition) is 4. The average Bonchev–Trinajstić information content (AvgIpc) is 2.78. The van der Waals surface area contributed by atoms with Gasteiger partial charge < -0.3 is 9.77 Å². The number of benzene rings is 1. The zero-order valence-corrected chi connectivity index (χ0v) is 8.72. The van der Waals surface area contributed by atoms with Crippen molar-refractivity contribution in [2.45, 2.75) is 0 Å². The van der Waals surface area contributed by atoms with E-state index < -0.39 is 4.92 Å². The smallest absolute Gasteiger partial charge is 0.269 e. The van der Waals surface area contributed by atoms with E-state index in [0.29, 0.717) is 5.69 Å². The van der Waals surface area contributed by atoms with Crippen LogP contribution in [-0.4, -0.2) is 20.9 Å². The molecule has 0 spiro atoms. The summed E-state index contributed by atoms with van der Waals surface area (Å²) in [7, 11) is 0. The van der Waals surface area contributed by atoms with Crippen molar-refractivity contribution < 1.29 is 10.1 Å². The van der Waals surface area contributed by atoms with Crippen molar-refractivity contribution in [3.8, 4) is 5.69 Å². The summed E-state index contributed by atoms with van der Waals surface area (Å²) in [5.41, 5.74) is 1.48. The molecule has 17 heavy (non-hydrogen) atoms. The van der Waals surface area contributed by atoms with Crippen molar-refractivity contribution in [1.29, 1.82) is 0 Å². The number of nitro benzene ring substituents is 1. The molecule has 0 amide bonds. The van der Waals surface area contributed by atoms with Crippen LogP contribution < -0.4 is 0 Å². The average molecular weight is 231 g/mol. The molecule has 86 valence electrons. The molecule has 1 aromatic carbocycles. The Morgan fingerprint density at radius 1 is 1.29 bits per heavy atom. The molecule has 0 atom stereocenters. The molecule has 1 N–H and O–H groups in total. The molecule has 6 nitrogen and oxygen atoms in total. The molecular formula is C11H9N3O3. The first-order valence-electron chi connectivity index (χ1n) is 4.82. The molecular weight excluding hydrogens is 222 g/mol. The lowest BCUT2D eigenvalue weighted by atomic mass is 10.3. The molecule has 2 aromatic rings. The Balaban J connectivity index is 2.39. The van der Waals surface area contributed by atoms with Gasteiger partial charge in [0.1, 0.15) is 0 Å². The van der Waals surface area contributed by atoms with Crippen LogP contribution in [0.4, 0.5) is 5.69 Å². The Kier molecular flexibility index (Phi) is 2.87. The normalized spacial score (nSPS) is 10.8. The quantitative estimate of drug-likeness (QED) is 0.380. The molecule has 0 aliphatic carbocycles. The predicted molar refractivity (Wildman–Crippen MR) is 61.8 cm³/mol. The van der Waals surface area contributed by atoms with Crippen molar-refractivity contribution in [3.63, 3.8) is 0 Å². The number of nitro groups is 1. The van der Waals surface area contributed by atoms with Crippen molar-refractivity contribution in [1.82, 2.24) is 4.57 Å². The third kappa shape index (κ3) is 2.15. The van der Waals surface area contributed by atoms with Crippen molar-refractivity contribution in [2.24, 2.45) is 5.16 Å². The monoisotopic (exact) mass is 231 g/mol. The zero-order valence-electron chi connectivity index (χ0n) is 8.72. The van der Waals surface area contributed by atoms with Crippen LogP contribution in [0, 0.1) is 10.1 Å². The van der Waals surface area contributed by atoms with Gasteiger partial charge >= 0.3 is 0 Å². The minimum Gasteiger partial charge on any atom is -0.411 e. The van der Waals surface area contributed by atoms with Gasteiger partial charge in [0.25, 0.3) is 5.69 Å². The molecule has 0 aliphatic rings. The van der Waals surface area contributed by atoms with Gasteiger partial charge in [0, 0.05) is 24.0 Å². The number of rotatable bonds is 3. The Morgan fingerprint density at radius 3 is 2.59 bits per heavy atom. The van der Waals surface area contributed by atoms with Crippen LogP contribution in [-0.2, 0) is 0 Å². The Hall–Kier alpha value is -2.63. The van der Waals surface area contributed by atoms with E-state index in [4.69, 9.17) is 5.21 Å². The first kappa shape index (κ1) is 10.9. The highest BCUT2D eigenvalue weighted by Crippen LogP contribution is 2.16. The van der Waals surface area contributed by atoms with Crippen LogP contribution in [0.1, 0.15) is 5.69 Å². The summed E-state index contributed by atoms with van der Waals surface area (Å²) >= 11 is 0. The second-order valence-electron chi connectivity index (χ2n) is 3.32. The van der Waals surface area contributed by atoms with E-state index in [2.05, 4.69) is 5.16 Å². The zero-order chi connectivity index (χ0) is 12.3. The molecule has 0 fully saturated rings. The fourth-order valence-corrected chi connectivity index (χ4v) is 1.53. The topological polar surface area (TPSA) is 80.7 Å². The van der Waals surface area contributed by atoms with Crippen LogP contribution in [0.25, 0.3) is 5.69 Å². The van der Waals surface area contributed by atoms with Crippen LogP contribution in [0.2, 0.25) is 0 Å². The predicted octanol–water partition coefficient (Wildman–Crippen LogP) is 2.19. The van der Waals surface area contributed by atoms with Gasteiger partial charge in [-0.05, 0) is 24.3 Å². The van der Waals surface area contributed by atoms with Crippen molar-refractivity contribution in [2.75, 3.05) is 0 Å². The second-order valence-corrected chi connectivity index (χ2v) is 3.32. The van der Waals surface area contributed by atoms with Gasteiger partial charge in [-0.25, -0.2) is 0 Å². The maximum atomic E-state index is 10.5. The summed E-state index contributed by atoms with van der Waals surface area (Å²) in [5, 5.41) is 22.0. The summed E-state index contributed by atoms with van der Waals surface area (Å²) in [5.74, 6) is 0.